The second-order valence-electron chi connectivity index (χ2n) is 7.06. The third-order valence-corrected chi connectivity index (χ3v) is 8.29. The van der Waals surface area contributed by atoms with E-state index in [1.165, 1.54) is 42.0 Å². The Labute approximate surface area is 191 Å². The molecule has 32 heavy (non-hydrogen) atoms. The summed E-state index contributed by atoms with van der Waals surface area (Å²) in [4.78, 5) is 5.86. The number of ether oxygens (including phenoxy) is 4. The number of methoxy groups -OCH3 is 4. The van der Waals surface area contributed by atoms with E-state index in [4.69, 9.17) is 23.9 Å². The second kappa shape index (κ2) is 8.97. The molecule has 1 aliphatic rings. The minimum Gasteiger partial charge on any atom is -0.493 e. The maximum absolute atomic E-state index is 13.3. The maximum Gasteiger partial charge on any atom is 0.243 e. The van der Waals surface area contributed by atoms with Crippen LogP contribution in [0.25, 0.3) is 10.6 Å². The minimum atomic E-state index is -3.70. The maximum atomic E-state index is 13.3. The summed E-state index contributed by atoms with van der Waals surface area (Å²) in [5.41, 5.74) is 1.83. The topological polar surface area (TPSA) is 87.2 Å². The number of hydrogen-bond donors (Lipinski definition) is 0. The number of benzene rings is 2. The Morgan fingerprint density at radius 2 is 1.50 bits per heavy atom. The van der Waals surface area contributed by atoms with Crippen molar-refractivity contribution in [2.45, 2.75) is 17.9 Å². The van der Waals surface area contributed by atoms with E-state index in [-0.39, 0.29) is 11.4 Å². The Morgan fingerprint density at radius 1 is 0.875 bits per heavy atom. The highest BCUT2D eigenvalue weighted by molar-refractivity contribution is 7.89. The Hall–Kier alpha value is -2.82. The molecule has 0 bridgehead atoms. The standard InChI is InChI=1S/C22H24N2O6S2/c1-27-17-7-5-14(11-19(17)29-3)22-23-16-9-10-24(13-21(16)31-22)32(25,26)15-6-8-18(28-2)20(12-15)30-4/h5-8,11-12H,9-10,13H2,1-4H3. The highest BCUT2D eigenvalue weighted by Crippen LogP contribution is 2.38. The predicted molar refractivity (Wildman–Crippen MR) is 121 cm³/mol. The highest BCUT2D eigenvalue weighted by Gasteiger charge is 2.31. The Kier molecular flexibility index (Phi) is 6.27. The molecule has 0 fully saturated rings. The van der Waals surface area contributed by atoms with E-state index in [0.717, 1.165) is 21.1 Å². The third-order valence-electron chi connectivity index (χ3n) is 5.32. The van der Waals surface area contributed by atoms with E-state index >= 15 is 0 Å². The number of hydrogen-bond acceptors (Lipinski definition) is 8. The molecule has 1 aliphatic heterocycles. The monoisotopic (exact) mass is 476 g/mol. The average molecular weight is 477 g/mol. The normalized spacial score (nSPS) is 14.0. The van der Waals surface area contributed by atoms with Gasteiger partial charge in [0.1, 0.15) is 5.01 Å². The van der Waals surface area contributed by atoms with Crippen molar-refractivity contribution in [2.75, 3.05) is 35.0 Å². The molecule has 2 heterocycles. The van der Waals surface area contributed by atoms with Crippen molar-refractivity contribution in [3.05, 3.63) is 47.0 Å². The van der Waals surface area contributed by atoms with Crippen molar-refractivity contribution in [1.29, 1.82) is 0 Å². The smallest absolute Gasteiger partial charge is 0.243 e. The van der Waals surface area contributed by atoms with Crippen molar-refractivity contribution in [2.24, 2.45) is 0 Å². The molecular formula is C22H24N2O6S2. The zero-order chi connectivity index (χ0) is 22.9. The van der Waals surface area contributed by atoms with Crippen molar-refractivity contribution in [3.8, 4) is 33.6 Å². The first-order chi connectivity index (χ1) is 15.4. The first kappa shape index (κ1) is 22.4. The number of thiazole rings is 1. The zero-order valence-corrected chi connectivity index (χ0v) is 19.9. The van der Waals surface area contributed by atoms with Crippen LogP contribution < -0.4 is 18.9 Å². The fourth-order valence-corrected chi connectivity index (χ4v) is 6.22. The van der Waals surface area contributed by atoms with Crippen molar-refractivity contribution >= 4 is 21.4 Å². The first-order valence-electron chi connectivity index (χ1n) is 9.84. The van der Waals surface area contributed by atoms with Crippen LogP contribution in [0, 0.1) is 0 Å². The van der Waals surface area contributed by atoms with E-state index in [1.54, 1.807) is 20.3 Å². The number of aromatic nitrogens is 1. The van der Waals surface area contributed by atoms with Gasteiger partial charge in [0.05, 0.1) is 45.6 Å². The van der Waals surface area contributed by atoms with Gasteiger partial charge in [0.25, 0.3) is 0 Å². The molecule has 0 radical (unpaired) electrons. The number of sulfonamides is 1. The van der Waals surface area contributed by atoms with Crippen LogP contribution in [0.3, 0.4) is 0 Å². The van der Waals surface area contributed by atoms with Crippen LogP contribution in [0.5, 0.6) is 23.0 Å². The lowest BCUT2D eigenvalue weighted by Gasteiger charge is -2.25. The van der Waals surface area contributed by atoms with Gasteiger partial charge in [-0.05, 0) is 30.3 Å². The van der Waals surface area contributed by atoms with Gasteiger partial charge in [0.2, 0.25) is 10.0 Å². The molecule has 0 amide bonds. The van der Waals surface area contributed by atoms with Crippen LogP contribution in [-0.2, 0) is 23.0 Å². The van der Waals surface area contributed by atoms with Crippen LogP contribution in [0.4, 0.5) is 0 Å². The van der Waals surface area contributed by atoms with Gasteiger partial charge < -0.3 is 18.9 Å². The van der Waals surface area contributed by atoms with Crippen LogP contribution in [0.15, 0.2) is 41.3 Å². The summed E-state index contributed by atoms with van der Waals surface area (Å²) in [6.07, 6.45) is 0.547. The average Bonchev–Trinajstić information content (AvgIpc) is 3.26. The molecule has 4 rings (SSSR count). The fourth-order valence-electron chi connectivity index (χ4n) is 3.60. The van der Waals surface area contributed by atoms with E-state index in [2.05, 4.69) is 0 Å². The fraction of sp³-hybridized carbons (Fsp3) is 0.318. The van der Waals surface area contributed by atoms with Gasteiger partial charge in [-0.1, -0.05) is 0 Å². The summed E-state index contributed by atoms with van der Waals surface area (Å²) < 4.78 is 49.2. The first-order valence-corrected chi connectivity index (χ1v) is 12.1. The highest BCUT2D eigenvalue weighted by atomic mass is 32.2. The van der Waals surface area contributed by atoms with Crippen molar-refractivity contribution in [3.63, 3.8) is 0 Å². The number of rotatable bonds is 7. The predicted octanol–water partition coefficient (Wildman–Crippen LogP) is 3.59. The van der Waals surface area contributed by atoms with Gasteiger partial charge in [-0.25, -0.2) is 13.4 Å². The Balaban J connectivity index is 1.61. The molecule has 0 saturated carbocycles. The molecule has 0 saturated heterocycles. The van der Waals surface area contributed by atoms with Crippen molar-refractivity contribution < 1.29 is 27.4 Å². The van der Waals surface area contributed by atoms with E-state index in [9.17, 15) is 8.42 Å². The summed E-state index contributed by atoms with van der Waals surface area (Å²) >= 11 is 1.49. The molecule has 0 spiro atoms. The van der Waals surface area contributed by atoms with E-state index in [0.29, 0.717) is 36.0 Å². The van der Waals surface area contributed by atoms with E-state index in [1.807, 2.05) is 18.2 Å². The number of nitrogens with zero attached hydrogens (tertiary/aromatic N) is 2. The van der Waals surface area contributed by atoms with Gasteiger partial charge in [-0.3, -0.25) is 0 Å². The molecular weight excluding hydrogens is 452 g/mol. The van der Waals surface area contributed by atoms with Crippen LogP contribution in [-0.4, -0.2) is 52.7 Å². The summed E-state index contributed by atoms with van der Waals surface area (Å²) in [5.74, 6) is 2.12. The van der Waals surface area contributed by atoms with Gasteiger partial charge >= 0.3 is 0 Å². The van der Waals surface area contributed by atoms with Gasteiger partial charge in [-0.15, -0.1) is 11.3 Å². The molecule has 0 N–H and O–H groups in total. The quantitative estimate of drug-likeness (QED) is 0.515. The molecule has 2 aromatic carbocycles. The number of fused-ring (bicyclic) bond motifs is 1. The molecule has 0 unspecified atom stereocenters. The summed E-state index contributed by atoms with van der Waals surface area (Å²) in [6, 6.07) is 10.3. The molecule has 0 atom stereocenters. The lowest BCUT2D eigenvalue weighted by Crippen LogP contribution is -2.35. The summed E-state index contributed by atoms with van der Waals surface area (Å²) in [6.45, 7) is 0.635. The lowest BCUT2D eigenvalue weighted by molar-refractivity contribution is 0.353. The SMILES string of the molecule is COc1ccc(-c2nc3c(s2)CN(S(=O)(=O)c2ccc(OC)c(OC)c2)CC3)cc1OC. The van der Waals surface area contributed by atoms with Gasteiger partial charge in [0.15, 0.2) is 23.0 Å². The minimum absolute atomic E-state index is 0.170. The van der Waals surface area contributed by atoms with Gasteiger partial charge in [0, 0.05) is 29.5 Å². The lowest BCUT2D eigenvalue weighted by atomic mass is 10.2. The molecule has 0 aliphatic carbocycles. The van der Waals surface area contributed by atoms with Crippen LogP contribution in [0.1, 0.15) is 10.6 Å². The summed E-state index contributed by atoms with van der Waals surface area (Å²) in [7, 11) is 2.47. The zero-order valence-electron chi connectivity index (χ0n) is 18.2. The molecule has 8 nitrogen and oxygen atoms in total. The largest absolute Gasteiger partial charge is 0.493 e. The summed E-state index contributed by atoms with van der Waals surface area (Å²) in [5, 5.41) is 0.821. The molecule has 170 valence electrons. The Bertz CT molecular complexity index is 1240. The third kappa shape index (κ3) is 4.01. The molecule has 10 heteroatoms. The Morgan fingerprint density at radius 3 is 2.16 bits per heavy atom. The van der Waals surface area contributed by atoms with Crippen LogP contribution in [0.2, 0.25) is 0 Å². The van der Waals surface area contributed by atoms with Gasteiger partial charge in [-0.2, -0.15) is 4.31 Å². The van der Waals surface area contributed by atoms with E-state index < -0.39 is 10.0 Å². The molecule has 1 aromatic heterocycles. The second-order valence-corrected chi connectivity index (χ2v) is 10.1. The van der Waals surface area contributed by atoms with Crippen molar-refractivity contribution in [1.82, 2.24) is 9.29 Å². The van der Waals surface area contributed by atoms with Crippen LogP contribution >= 0.6 is 11.3 Å². The molecule has 3 aromatic rings.